The number of furan rings is 1. The van der Waals surface area contributed by atoms with Gasteiger partial charge in [0.15, 0.2) is 0 Å². The second-order valence-corrected chi connectivity index (χ2v) is 4.72. The van der Waals surface area contributed by atoms with E-state index >= 15 is 0 Å². The summed E-state index contributed by atoms with van der Waals surface area (Å²) < 4.78 is 5.19. The normalized spacial score (nSPS) is 10.5. The maximum atomic E-state index is 11.2. The van der Waals surface area contributed by atoms with Gasteiger partial charge in [-0.1, -0.05) is 6.92 Å². The van der Waals surface area contributed by atoms with Crippen LogP contribution in [-0.2, 0) is 4.79 Å². The predicted molar refractivity (Wildman–Crippen MR) is 63.3 cm³/mol. The quantitative estimate of drug-likeness (QED) is 0.523. The van der Waals surface area contributed by atoms with Crippen LogP contribution in [0.3, 0.4) is 0 Å². The SMILES string of the molecule is CCCC(=O)CCCSc1ccoc1C. The molecule has 84 valence electrons. The molecule has 1 heterocycles. The lowest BCUT2D eigenvalue weighted by Crippen LogP contribution is -1.97. The van der Waals surface area contributed by atoms with Gasteiger partial charge in [-0.05, 0) is 31.6 Å². The number of hydrogen-bond donors (Lipinski definition) is 0. The zero-order chi connectivity index (χ0) is 11.1. The topological polar surface area (TPSA) is 30.2 Å². The van der Waals surface area contributed by atoms with Gasteiger partial charge in [0.05, 0.1) is 6.26 Å². The molecule has 15 heavy (non-hydrogen) atoms. The standard InChI is InChI=1S/C12H18O2S/c1-3-5-11(13)6-4-9-15-12-7-8-14-10(12)2/h7-8H,3-6,9H2,1-2H3. The van der Waals surface area contributed by atoms with E-state index in [1.54, 1.807) is 18.0 Å². The van der Waals surface area contributed by atoms with Gasteiger partial charge in [-0.2, -0.15) is 0 Å². The number of rotatable bonds is 7. The van der Waals surface area contributed by atoms with Crippen molar-refractivity contribution in [1.82, 2.24) is 0 Å². The van der Waals surface area contributed by atoms with E-state index < -0.39 is 0 Å². The van der Waals surface area contributed by atoms with Crippen LogP contribution in [0.2, 0.25) is 0 Å². The van der Waals surface area contributed by atoms with E-state index in [0.717, 1.165) is 37.2 Å². The summed E-state index contributed by atoms with van der Waals surface area (Å²) in [7, 11) is 0. The van der Waals surface area contributed by atoms with Crippen LogP contribution in [-0.4, -0.2) is 11.5 Å². The molecule has 0 saturated heterocycles. The fourth-order valence-corrected chi connectivity index (χ4v) is 2.29. The smallest absolute Gasteiger partial charge is 0.132 e. The van der Waals surface area contributed by atoms with Crippen LogP contribution in [0, 0.1) is 6.92 Å². The molecule has 1 aromatic rings. The summed E-state index contributed by atoms with van der Waals surface area (Å²) in [4.78, 5) is 12.4. The third-order valence-corrected chi connectivity index (χ3v) is 3.42. The Bertz CT molecular complexity index is 304. The molecule has 0 radical (unpaired) electrons. The first kappa shape index (κ1) is 12.4. The Labute approximate surface area is 95.4 Å². The lowest BCUT2D eigenvalue weighted by Gasteiger charge is -1.99. The Morgan fingerprint density at radius 3 is 2.87 bits per heavy atom. The monoisotopic (exact) mass is 226 g/mol. The van der Waals surface area contributed by atoms with E-state index in [2.05, 4.69) is 0 Å². The molecular formula is C12H18O2S. The van der Waals surface area contributed by atoms with Crippen molar-refractivity contribution in [2.24, 2.45) is 0 Å². The minimum absolute atomic E-state index is 0.391. The number of carbonyl (C=O) groups excluding carboxylic acids is 1. The van der Waals surface area contributed by atoms with Crippen LogP contribution < -0.4 is 0 Å². The lowest BCUT2D eigenvalue weighted by molar-refractivity contribution is -0.119. The summed E-state index contributed by atoms with van der Waals surface area (Å²) >= 11 is 1.77. The average molecular weight is 226 g/mol. The molecule has 0 aliphatic rings. The Morgan fingerprint density at radius 2 is 2.27 bits per heavy atom. The highest BCUT2D eigenvalue weighted by atomic mass is 32.2. The second kappa shape index (κ2) is 6.72. The molecule has 0 unspecified atom stereocenters. The maximum Gasteiger partial charge on any atom is 0.132 e. The zero-order valence-corrected chi connectivity index (χ0v) is 10.2. The summed E-state index contributed by atoms with van der Waals surface area (Å²) in [5.41, 5.74) is 0. The van der Waals surface area contributed by atoms with Crippen LogP contribution in [0.5, 0.6) is 0 Å². The number of hydrogen-bond acceptors (Lipinski definition) is 3. The highest BCUT2D eigenvalue weighted by Gasteiger charge is 2.03. The molecule has 0 amide bonds. The molecule has 0 saturated carbocycles. The first-order chi connectivity index (χ1) is 7.24. The van der Waals surface area contributed by atoms with Crippen LogP contribution in [0.1, 0.15) is 38.4 Å². The van der Waals surface area contributed by atoms with Gasteiger partial charge in [0.25, 0.3) is 0 Å². The van der Waals surface area contributed by atoms with Crippen molar-refractivity contribution in [3.05, 3.63) is 18.1 Å². The van der Waals surface area contributed by atoms with E-state index in [4.69, 9.17) is 4.42 Å². The molecule has 0 aromatic carbocycles. The van der Waals surface area contributed by atoms with E-state index in [1.807, 2.05) is 19.9 Å². The predicted octanol–water partition coefficient (Wildman–Crippen LogP) is 3.83. The van der Waals surface area contributed by atoms with Crippen molar-refractivity contribution < 1.29 is 9.21 Å². The first-order valence-electron chi connectivity index (χ1n) is 5.42. The fourth-order valence-electron chi connectivity index (χ4n) is 1.38. The number of carbonyl (C=O) groups is 1. The van der Waals surface area contributed by atoms with Gasteiger partial charge in [0.2, 0.25) is 0 Å². The Balaban J connectivity index is 2.12. The van der Waals surface area contributed by atoms with Gasteiger partial charge in [-0.15, -0.1) is 11.8 Å². The summed E-state index contributed by atoms with van der Waals surface area (Å²) in [6.07, 6.45) is 5.09. The third-order valence-electron chi connectivity index (χ3n) is 2.20. The summed E-state index contributed by atoms with van der Waals surface area (Å²) in [6, 6.07) is 1.98. The molecule has 0 fully saturated rings. The summed E-state index contributed by atoms with van der Waals surface area (Å²) in [5.74, 6) is 2.36. The Morgan fingerprint density at radius 1 is 1.47 bits per heavy atom. The number of Topliss-reactive ketones (excluding diaryl/α,β-unsaturated/α-hetero) is 1. The first-order valence-corrected chi connectivity index (χ1v) is 6.41. The van der Waals surface area contributed by atoms with E-state index in [0.29, 0.717) is 5.78 Å². The third kappa shape index (κ3) is 4.56. The molecule has 3 heteroatoms. The highest BCUT2D eigenvalue weighted by Crippen LogP contribution is 2.23. The largest absolute Gasteiger partial charge is 0.468 e. The fraction of sp³-hybridized carbons (Fsp3) is 0.583. The van der Waals surface area contributed by atoms with Crippen LogP contribution in [0.25, 0.3) is 0 Å². The molecule has 0 atom stereocenters. The zero-order valence-electron chi connectivity index (χ0n) is 9.41. The number of thioether (sulfide) groups is 1. The molecule has 1 rings (SSSR count). The van der Waals surface area contributed by atoms with Crippen molar-refractivity contribution in [3.63, 3.8) is 0 Å². The van der Waals surface area contributed by atoms with E-state index in [-0.39, 0.29) is 0 Å². The molecule has 0 spiro atoms. The minimum atomic E-state index is 0.391. The van der Waals surface area contributed by atoms with Gasteiger partial charge in [0, 0.05) is 17.7 Å². The van der Waals surface area contributed by atoms with Gasteiger partial charge >= 0.3 is 0 Å². The molecule has 0 N–H and O–H groups in total. The summed E-state index contributed by atoms with van der Waals surface area (Å²) in [5, 5.41) is 0. The van der Waals surface area contributed by atoms with Crippen molar-refractivity contribution >= 4 is 17.5 Å². The van der Waals surface area contributed by atoms with Crippen LogP contribution >= 0.6 is 11.8 Å². The lowest BCUT2D eigenvalue weighted by atomic mass is 10.1. The molecule has 0 aliphatic carbocycles. The van der Waals surface area contributed by atoms with Gasteiger partial charge in [-0.3, -0.25) is 4.79 Å². The van der Waals surface area contributed by atoms with Gasteiger partial charge < -0.3 is 4.42 Å². The molecule has 0 bridgehead atoms. The second-order valence-electron chi connectivity index (χ2n) is 3.58. The van der Waals surface area contributed by atoms with Gasteiger partial charge in [0.1, 0.15) is 11.5 Å². The van der Waals surface area contributed by atoms with E-state index in [9.17, 15) is 4.79 Å². The van der Waals surface area contributed by atoms with Crippen molar-refractivity contribution in [1.29, 1.82) is 0 Å². The van der Waals surface area contributed by atoms with Crippen LogP contribution in [0.15, 0.2) is 21.6 Å². The van der Waals surface area contributed by atoms with Gasteiger partial charge in [-0.25, -0.2) is 0 Å². The van der Waals surface area contributed by atoms with Crippen molar-refractivity contribution in [3.8, 4) is 0 Å². The average Bonchev–Trinajstić information content (AvgIpc) is 2.60. The molecule has 2 nitrogen and oxygen atoms in total. The highest BCUT2D eigenvalue weighted by molar-refractivity contribution is 7.99. The summed E-state index contributed by atoms with van der Waals surface area (Å²) in [6.45, 7) is 4.01. The van der Waals surface area contributed by atoms with Crippen molar-refractivity contribution in [2.45, 2.75) is 44.4 Å². The molecule has 1 aromatic heterocycles. The van der Waals surface area contributed by atoms with Crippen LogP contribution in [0.4, 0.5) is 0 Å². The Kier molecular flexibility index (Phi) is 5.54. The molecule has 0 aliphatic heterocycles. The number of ketones is 1. The van der Waals surface area contributed by atoms with E-state index in [1.165, 1.54) is 4.90 Å². The maximum absolute atomic E-state index is 11.2. The number of aryl methyl sites for hydroxylation is 1. The van der Waals surface area contributed by atoms with Crippen molar-refractivity contribution in [2.75, 3.05) is 5.75 Å². The molecular weight excluding hydrogens is 208 g/mol. The Hall–Kier alpha value is -0.700. The minimum Gasteiger partial charge on any atom is -0.468 e.